The third-order valence-electron chi connectivity index (χ3n) is 5.32. The minimum atomic E-state index is -0.348. The van der Waals surface area contributed by atoms with Gasteiger partial charge in [-0.2, -0.15) is 14.6 Å². The topological polar surface area (TPSA) is 66.6 Å². The molecule has 1 aliphatic heterocycles. The number of hydrogen-bond acceptors (Lipinski definition) is 5. The van der Waals surface area contributed by atoms with Crippen molar-refractivity contribution in [1.29, 1.82) is 0 Å². The van der Waals surface area contributed by atoms with Crippen LogP contribution in [0.1, 0.15) is 10.4 Å². The zero-order valence-electron chi connectivity index (χ0n) is 16.1. The zero-order valence-corrected chi connectivity index (χ0v) is 16.1. The number of amides is 1. The van der Waals surface area contributed by atoms with Crippen LogP contribution < -0.4 is 4.90 Å². The summed E-state index contributed by atoms with van der Waals surface area (Å²) in [6, 6.07) is 15.7. The van der Waals surface area contributed by atoms with Gasteiger partial charge in [0.05, 0.1) is 0 Å². The van der Waals surface area contributed by atoms with E-state index in [0.717, 1.165) is 16.9 Å². The Morgan fingerprint density at radius 1 is 0.900 bits per heavy atom. The van der Waals surface area contributed by atoms with Gasteiger partial charge in [0.15, 0.2) is 0 Å². The number of hydrogen-bond donors (Lipinski definition) is 0. The summed E-state index contributed by atoms with van der Waals surface area (Å²) in [5.41, 5.74) is 2.51. The lowest BCUT2D eigenvalue weighted by Gasteiger charge is -2.36. The van der Waals surface area contributed by atoms with Crippen LogP contribution in [0.3, 0.4) is 0 Å². The number of halogens is 1. The number of anilines is 1. The molecule has 0 saturated carbocycles. The van der Waals surface area contributed by atoms with Crippen molar-refractivity contribution in [3.8, 4) is 11.1 Å². The number of carbonyl (C=O) groups excluding carboxylic acids is 1. The summed E-state index contributed by atoms with van der Waals surface area (Å²) in [5.74, 6) is 1.02. The Bertz CT molecular complexity index is 1180. The van der Waals surface area contributed by atoms with Crippen molar-refractivity contribution in [1.82, 2.24) is 24.5 Å². The van der Waals surface area contributed by atoms with Crippen LogP contribution in [0.2, 0.25) is 0 Å². The first-order valence-corrected chi connectivity index (χ1v) is 9.74. The summed E-state index contributed by atoms with van der Waals surface area (Å²) in [7, 11) is 0. The summed E-state index contributed by atoms with van der Waals surface area (Å²) in [6.07, 6.45) is 3.32. The first-order valence-electron chi connectivity index (χ1n) is 9.74. The van der Waals surface area contributed by atoms with Crippen molar-refractivity contribution >= 4 is 17.5 Å². The maximum Gasteiger partial charge on any atom is 0.254 e. The van der Waals surface area contributed by atoms with E-state index >= 15 is 0 Å². The van der Waals surface area contributed by atoms with E-state index in [0.29, 0.717) is 37.5 Å². The van der Waals surface area contributed by atoms with Gasteiger partial charge in [-0.3, -0.25) is 4.79 Å². The molecule has 1 amide bonds. The van der Waals surface area contributed by atoms with Crippen LogP contribution in [0.5, 0.6) is 0 Å². The molecule has 0 bridgehead atoms. The second kappa shape index (κ2) is 7.55. The molecular formula is C22H19FN6O. The number of fused-ring (bicyclic) bond motifs is 1. The molecule has 3 heterocycles. The van der Waals surface area contributed by atoms with Gasteiger partial charge in [-0.15, -0.1) is 0 Å². The standard InChI is InChI=1S/C22H19FN6O/c23-18-8-6-17(7-9-18)21(30)28-12-10-27(11-13-28)20-19(16-4-2-1-3-5-16)14-24-22-25-15-26-29(20)22/h1-9,14-15H,10-13H2. The fourth-order valence-corrected chi connectivity index (χ4v) is 3.79. The maximum atomic E-state index is 13.2. The highest BCUT2D eigenvalue weighted by Crippen LogP contribution is 2.31. The van der Waals surface area contributed by atoms with Crippen molar-refractivity contribution in [2.45, 2.75) is 0 Å². The number of benzene rings is 2. The molecule has 150 valence electrons. The molecule has 1 fully saturated rings. The van der Waals surface area contributed by atoms with Crippen molar-refractivity contribution < 1.29 is 9.18 Å². The van der Waals surface area contributed by atoms with E-state index in [1.807, 2.05) is 36.5 Å². The zero-order chi connectivity index (χ0) is 20.5. The predicted molar refractivity (Wildman–Crippen MR) is 111 cm³/mol. The second-order valence-corrected chi connectivity index (χ2v) is 7.12. The van der Waals surface area contributed by atoms with Gasteiger partial charge in [0.25, 0.3) is 11.7 Å². The van der Waals surface area contributed by atoms with Gasteiger partial charge in [0, 0.05) is 43.5 Å². The van der Waals surface area contributed by atoms with Crippen LogP contribution in [-0.2, 0) is 0 Å². The summed E-state index contributed by atoms with van der Waals surface area (Å²) >= 11 is 0. The maximum absolute atomic E-state index is 13.2. The highest BCUT2D eigenvalue weighted by Gasteiger charge is 2.26. The highest BCUT2D eigenvalue weighted by molar-refractivity contribution is 5.94. The van der Waals surface area contributed by atoms with Crippen LogP contribution in [-0.4, -0.2) is 56.6 Å². The molecule has 0 atom stereocenters. The van der Waals surface area contributed by atoms with Crippen LogP contribution in [0.25, 0.3) is 16.9 Å². The lowest BCUT2D eigenvalue weighted by molar-refractivity contribution is 0.0746. The third kappa shape index (κ3) is 3.26. The highest BCUT2D eigenvalue weighted by atomic mass is 19.1. The van der Waals surface area contributed by atoms with E-state index in [2.05, 4.69) is 20.0 Å². The molecule has 0 unspecified atom stereocenters. The monoisotopic (exact) mass is 402 g/mol. The smallest absolute Gasteiger partial charge is 0.254 e. The van der Waals surface area contributed by atoms with E-state index in [4.69, 9.17) is 0 Å². The molecule has 8 heteroatoms. The van der Waals surface area contributed by atoms with Gasteiger partial charge in [0.2, 0.25) is 0 Å². The Labute approximate surface area is 172 Å². The van der Waals surface area contributed by atoms with Crippen LogP contribution in [0.4, 0.5) is 10.2 Å². The SMILES string of the molecule is O=C(c1ccc(F)cc1)N1CCN(c2c(-c3ccccc3)cnc3ncnn23)CC1. The minimum Gasteiger partial charge on any atom is -0.352 e. The molecule has 0 N–H and O–H groups in total. The van der Waals surface area contributed by atoms with Gasteiger partial charge < -0.3 is 9.80 Å². The second-order valence-electron chi connectivity index (χ2n) is 7.12. The summed E-state index contributed by atoms with van der Waals surface area (Å²) in [5, 5.41) is 4.38. The quantitative estimate of drug-likeness (QED) is 0.527. The largest absolute Gasteiger partial charge is 0.352 e. The molecule has 0 spiro atoms. The fraction of sp³-hybridized carbons (Fsp3) is 0.182. The Balaban J connectivity index is 1.43. The van der Waals surface area contributed by atoms with Crippen molar-refractivity contribution in [3.63, 3.8) is 0 Å². The predicted octanol–water partition coefficient (Wildman–Crippen LogP) is 2.89. The molecule has 2 aromatic heterocycles. The fourth-order valence-electron chi connectivity index (χ4n) is 3.79. The molecule has 1 aliphatic rings. The lowest BCUT2D eigenvalue weighted by Crippen LogP contribution is -2.49. The number of piperazine rings is 1. The van der Waals surface area contributed by atoms with Crippen LogP contribution in [0, 0.1) is 5.82 Å². The molecule has 0 radical (unpaired) electrons. The number of aromatic nitrogens is 4. The summed E-state index contributed by atoms with van der Waals surface area (Å²) < 4.78 is 14.9. The number of carbonyl (C=O) groups is 1. The van der Waals surface area contributed by atoms with E-state index in [1.54, 1.807) is 9.42 Å². The molecule has 0 aliphatic carbocycles. The van der Waals surface area contributed by atoms with Crippen molar-refractivity contribution in [2.75, 3.05) is 31.1 Å². The molecule has 7 nitrogen and oxygen atoms in total. The molecule has 5 rings (SSSR count). The Kier molecular flexibility index (Phi) is 4.59. The molecule has 2 aromatic carbocycles. The van der Waals surface area contributed by atoms with E-state index in [9.17, 15) is 9.18 Å². The first kappa shape index (κ1) is 18.2. The molecule has 1 saturated heterocycles. The van der Waals surface area contributed by atoms with Crippen LogP contribution in [0.15, 0.2) is 67.1 Å². The minimum absolute atomic E-state index is 0.0847. The van der Waals surface area contributed by atoms with Crippen LogP contribution >= 0.6 is 0 Å². The molecular weight excluding hydrogens is 383 g/mol. The number of rotatable bonds is 3. The van der Waals surface area contributed by atoms with Gasteiger partial charge in [-0.05, 0) is 29.8 Å². The van der Waals surface area contributed by atoms with Crippen molar-refractivity contribution in [2.24, 2.45) is 0 Å². The van der Waals surface area contributed by atoms with Gasteiger partial charge in [-0.25, -0.2) is 9.37 Å². The van der Waals surface area contributed by atoms with Gasteiger partial charge in [0.1, 0.15) is 18.0 Å². The van der Waals surface area contributed by atoms with Crippen molar-refractivity contribution in [3.05, 3.63) is 78.5 Å². The Morgan fingerprint density at radius 2 is 1.63 bits per heavy atom. The molecule has 4 aromatic rings. The van der Waals surface area contributed by atoms with Gasteiger partial charge in [-0.1, -0.05) is 30.3 Å². The normalized spacial score (nSPS) is 14.3. The van der Waals surface area contributed by atoms with E-state index in [-0.39, 0.29) is 11.7 Å². The Morgan fingerprint density at radius 3 is 2.37 bits per heavy atom. The van der Waals surface area contributed by atoms with E-state index < -0.39 is 0 Å². The van der Waals surface area contributed by atoms with E-state index in [1.165, 1.54) is 30.6 Å². The average molecular weight is 402 g/mol. The number of nitrogens with zero attached hydrogens (tertiary/aromatic N) is 6. The third-order valence-corrected chi connectivity index (χ3v) is 5.32. The summed E-state index contributed by atoms with van der Waals surface area (Å²) in [4.78, 5) is 25.4. The summed E-state index contributed by atoms with van der Waals surface area (Å²) in [6.45, 7) is 2.41. The Hall–Kier alpha value is -3.81. The first-order chi connectivity index (χ1) is 14.7. The molecule has 30 heavy (non-hydrogen) atoms. The lowest BCUT2D eigenvalue weighted by atomic mass is 10.1. The average Bonchev–Trinajstić information content (AvgIpc) is 3.28. The van der Waals surface area contributed by atoms with Gasteiger partial charge >= 0.3 is 0 Å².